The van der Waals surface area contributed by atoms with Crippen molar-refractivity contribution in [3.8, 4) is 0 Å². The van der Waals surface area contributed by atoms with Gasteiger partial charge in [-0.2, -0.15) is 0 Å². The molecule has 9 heteroatoms. The summed E-state index contributed by atoms with van der Waals surface area (Å²) in [5.74, 6) is -5.76. The molecule has 0 spiro atoms. The number of halogens is 3. The van der Waals surface area contributed by atoms with Gasteiger partial charge in [0.05, 0.1) is 5.69 Å². The molecular weight excluding hydrogens is 327 g/mol. The molecule has 1 aliphatic rings. The second-order valence-electron chi connectivity index (χ2n) is 5.32. The van der Waals surface area contributed by atoms with Crippen molar-refractivity contribution in [2.24, 2.45) is 0 Å². The molecule has 24 heavy (non-hydrogen) atoms. The lowest BCUT2D eigenvalue weighted by molar-refractivity contribution is -0.134. The molecule has 3 amide bonds. The highest BCUT2D eigenvalue weighted by molar-refractivity contribution is 5.97. The van der Waals surface area contributed by atoms with Gasteiger partial charge in [0.25, 0.3) is 0 Å². The molecule has 6 nitrogen and oxygen atoms in total. The highest BCUT2D eigenvalue weighted by atomic mass is 19.2. The first-order valence-electron chi connectivity index (χ1n) is 7.24. The van der Waals surface area contributed by atoms with E-state index in [0.29, 0.717) is 25.6 Å². The fraction of sp³-hybridized carbons (Fsp3) is 0.400. The molecular formula is C15H16F3N3O3. The smallest absolute Gasteiger partial charge is 0.242 e. The summed E-state index contributed by atoms with van der Waals surface area (Å²) in [5, 5.41) is 0. The highest BCUT2D eigenvalue weighted by Gasteiger charge is 2.26. The summed E-state index contributed by atoms with van der Waals surface area (Å²) in [5.41, 5.74) is -0.499. The van der Waals surface area contributed by atoms with E-state index in [1.807, 2.05) is 0 Å². The molecule has 0 aliphatic carbocycles. The summed E-state index contributed by atoms with van der Waals surface area (Å²) in [4.78, 5) is 38.3. The summed E-state index contributed by atoms with van der Waals surface area (Å²) >= 11 is 0. The van der Waals surface area contributed by atoms with Crippen LogP contribution in [-0.4, -0.2) is 60.7 Å². The van der Waals surface area contributed by atoms with E-state index in [1.54, 1.807) is 0 Å². The Labute approximate surface area is 136 Å². The van der Waals surface area contributed by atoms with E-state index >= 15 is 0 Å². The Morgan fingerprint density at radius 3 is 2.29 bits per heavy atom. The summed E-state index contributed by atoms with van der Waals surface area (Å²) in [6.45, 7) is 1.87. The third-order valence-electron chi connectivity index (χ3n) is 3.80. The molecule has 0 saturated carbocycles. The van der Waals surface area contributed by atoms with Gasteiger partial charge in [-0.15, -0.1) is 0 Å². The van der Waals surface area contributed by atoms with Crippen LogP contribution >= 0.6 is 0 Å². The molecule has 1 aliphatic heterocycles. The largest absolute Gasteiger partial charge is 0.342 e. The van der Waals surface area contributed by atoms with Crippen LogP contribution in [0.15, 0.2) is 12.1 Å². The first kappa shape index (κ1) is 17.8. The van der Waals surface area contributed by atoms with Crippen LogP contribution in [-0.2, 0) is 14.4 Å². The minimum atomic E-state index is -1.70. The van der Waals surface area contributed by atoms with Crippen molar-refractivity contribution in [3.05, 3.63) is 29.6 Å². The summed E-state index contributed by atoms with van der Waals surface area (Å²) in [7, 11) is 0. The zero-order valence-electron chi connectivity index (χ0n) is 13.0. The van der Waals surface area contributed by atoms with Crippen LogP contribution in [0.3, 0.4) is 0 Å². The van der Waals surface area contributed by atoms with E-state index in [9.17, 15) is 27.6 Å². The van der Waals surface area contributed by atoms with E-state index < -0.39 is 41.5 Å². The SMILES string of the molecule is CC(=O)N(CC(=O)N1CCN(C=O)CC1)c1ccc(F)c(F)c1F. The molecule has 1 fully saturated rings. The highest BCUT2D eigenvalue weighted by Crippen LogP contribution is 2.24. The minimum Gasteiger partial charge on any atom is -0.342 e. The number of benzene rings is 1. The lowest BCUT2D eigenvalue weighted by Crippen LogP contribution is -2.51. The number of anilines is 1. The van der Waals surface area contributed by atoms with Crippen LogP contribution < -0.4 is 4.90 Å². The van der Waals surface area contributed by atoms with E-state index in [0.717, 1.165) is 17.9 Å². The molecule has 0 atom stereocenters. The molecule has 1 saturated heterocycles. The van der Waals surface area contributed by atoms with Crippen molar-refractivity contribution in [1.29, 1.82) is 0 Å². The normalized spacial score (nSPS) is 14.5. The fourth-order valence-electron chi connectivity index (χ4n) is 2.40. The summed E-state index contributed by atoms with van der Waals surface area (Å²) in [6, 6.07) is 1.60. The van der Waals surface area contributed by atoms with Gasteiger partial charge in [0, 0.05) is 33.1 Å². The van der Waals surface area contributed by atoms with Gasteiger partial charge in [0.15, 0.2) is 17.5 Å². The van der Waals surface area contributed by atoms with Gasteiger partial charge >= 0.3 is 0 Å². The minimum absolute atomic E-state index is 0.281. The van der Waals surface area contributed by atoms with Crippen LogP contribution in [0.4, 0.5) is 18.9 Å². The van der Waals surface area contributed by atoms with Gasteiger partial charge in [-0.05, 0) is 12.1 Å². The second-order valence-corrected chi connectivity index (χ2v) is 5.32. The van der Waals surface area contributed by atoms with Gasteiger partial charge < -0.3 is 14.7 Å². The van der Waals surface area contributed by atoms with Crippen molar-refractivity contribution in [1.82, 2.24) is 9.80 Å². The lowest BCUT2D eigenvalue weighted by Gasteiger charge is -2.34. The molecule has 0 bridgehead atoms. The van der Waals surface area contributed by atoms with Gasteiger partial charge in [0.1, 0.15) is 6.54 Å². The predicted molar refractivity (Wildman–Crippen MR) is 78.6 cm³/mol. The molecule has 0 aromatic heterocycles. The van der Waals surface area contributed by atoms with Crippen molar-refractivity contribution in [2.75, 3.05) is 37.6 Å². The summed E-state index contributed by atoms with van der Waals surface area (Å²) in [6.07, 6.45) is 0.681. The van der Waals surface area contributed by atoms with Crippen molar-refractivity contribution >= 4 is 23.9 Å². The molecule has 0 radical (unpaired) electrons. The Hall–Kier alpha value is -2.58. The Bertz CT molecular complexity index is 661. The first-order valence-corrected chi connectivity index (χ1v) is 7.24. The van der Waals surface area contributed by atoms with Crippen LogP contribution in [0.5, 0.6) is 0 Å². The number of hydrogen-bond donors (Lipinski definition) is 0. The monoisotopic (exact) mass is 343 g/mol. The maximum absolute atomic E-state index is 13.9. The van der Waals surface area contributed by atoms with Crippen LogP contribution in [0.25, 0.3) is 0 Å². The molecule has 1 heterocycles. The zero-order valence-corrected chi connectivity index (χ0v) is 13.0. The Balaban J connectivity index is 2.15. The van der Waals surface area contributed by atoms with E-state index in [2.05, 4.69) is 0 Å². The first-order chi connectivity index (χ1) is 11.3. The number of amides is 3. The third kappa shape index (κ3) is 3.66. The number of hydrogen-bond acceptors (Lipinski definition) is 3. The van der Waals surface area contributed by atoms with E-state index in [-0.39, 0.29) is 13.1 Å². The fourth-order valence-corrected chi connectivity index (χ4v) is 2.40. The number of rotatable bonds is 4. The van der Waals surface area contributed by atoms with Crippen molar-refractivity contribution < 1.29 is 27.6 Å². The van der Waals surface area contributed by atoms with Crippen LogP contribution in [0.1, 0.15) is 6.92 Å². The van der Waals surface area contributed by atoms with Crippen LogP contribution in [0.2, 0.25) is 0 Å². The topological polar surface area (TPSA) is 60.9 Å². The van der Waals surface area contributed by atoms with Gasteiger partial charge in [-0.3, -0.25) is 14.4 Å². The molecule has 1 aromatic carbocycles. The average Bonchev–Trinajstić information content (AvgIpc) is 2.58. The van der Waals surface area contributed by atoms with Crippen molar-refractivity contribution in [3.63, 3.8) is 0 Å². The number of nitrogens with zero attached hydrogens (tertiary/aromatic N) is 3. The van der Waals surface area contributed by atoms with E-state index in [1.165, 1.54) is 9.80 Å². The Morgan fingerprint density at radius 1 is 1.12 bits per heavy atom. The Kier molecular flexibility index (Phi) is 5.42. The second kappa shape index (κ2) is 7.33. The average molecular weight is 343 g/mol. The molecule has 130 valence electrons. The van der Waals surface area contributed by atoms with Crippen molar-refractivity contribution in [2.45, 2.75) is 6.92 Å². The van der Waals surface area contributed by atoms with Gasteiger partial charge in [0.2, 0.25) is 18.2 Å². The third-order valence-corrected chi connectivity index (χ3v) is 3.80. The van der Waals surface area contributed by atoms with E-state index in [4.69, 9.17) is 0 Å². The maximum Gasteiger partial charge on any atom is 0.242 e. The molecule has 1 aromatic rings. The number of piperazine rings is 1. The zero-order chi connectivity index (χ0) is 17.9. The molecule has 0 N–H and O–H groups in total. The predicted octanol–water partition coefficient (Wildman–Crippen LogP) is 0.757. The maximum atomic E-state index is 13.9. The lowest BCUT2D eigenvalue weighted by atomic mass is 10.2. The van der Waals surface area contributed by atoms with Gasteiger partial charge in [-0.25, -0.2) is 13.2 Å². The molecule has 2 rings (SSSR count). The Morgan fingerprint density at radius 2 is 1.75 bits per heavy atom. The molecule has 0 unspecified atom stereocenters. The standard InChI is InChI=1S/C15H16F3N3O3/c1-10(23)21(12-3-2-11(16)14(17)15(12)18)8-13(24)20-6-4-19(9-22)5-7-20/h2-3,9H,4-8H2,1H3. The number of carbonyl (C=O) groups excluding carboxylic acids is 3. The quantitative estimate of drug-likeness (QED) is 0.599. The van der Waals surface area contributed by atoms with Crippen LogP contribution in [0, 0.1) is 17.5 Å². The summed E-state index contributed by atoms with van der Waals surface area (Å²) < 4.78 is 40.3. The van der Waals surface area contributed by atoms with Gasteiger partial charge in [-0.1, -0.05) is 0 Å². The number of carbonyl (C=O) groups is 3.